The fourth-order valence-electron chi connectivity index (χ4n) is 2.70. The van der Waals surface area contributed by atoms with E-state index in [0.717, 1.165) is 11.1 Å². The van der Waals surface area contributed by atoms with Gasteiger partial charge in [-0.1, -0.05) is 59.6 Å². The second-order valence-electron chi connectivity index (χ2n) is 6.07. The first kappa shape index (κ1) is 20.3. The number of amides is 2. The standard InChI is InChI=1S/C20H22Cl2N2O2/c1-14(16-6-4-3-5-7-16)24(15(2)25)13-20(26)23-11-10-17-8-9-18(21)12-19(17)22/h3-9,12,14H,10-11,13H2,1-2H3,(H,23,26). The van der Waals surface area contributed by atoms with Gasteiger partial charge in [-0.05, 0) is 36.6 Å². The molecule has 0 aromatic heterocycles. The monoisotopic (exact) mass is 392 g/mol. The van der Waals surface area contributed by atoms with Crippen molar-refractivity contribution in [3.63, 3.8) is 0 Å². The van der Waals surface area contributed by atoms with Gasteiger partial charge in [0.05, 0.1) is 6.04 Å². The van der Waals surface area contributed by atoms with Gasteiger partial charge in [-0.2, -0.15) is 0 Å². The highest BCUT2D eigenvalue weighted by Crippen LogP contribution is 2.21. The lowest BCUT2D eigenvalue weighted by Gasteiger charge is -2.28. The fraction of sp³-hybridized carbons (Fsp3) is 0.300. The van der Waals surface area contributed by atoms with Crippen LogP contribution in [0.2, 0.25) is 10.0 Å². The first-order valence-corrected chi connectivity index (χ1v) is 9.17. The van der Waals surface area contributed by atoms with Gasteiger partial charge >= 0.3 is 0 Å². The number of benzene rings is 2. The van der Waals surface area contributed by atoms with Crippen LogP contribution in [0.25, 0.3) is 0 Å². The topological polar surface area (TPSA) is 49.4 Å². The van der Waals surface area contributed by atoms with Gasteiger partial charge in [0, 0.05) is 23.5 Å². The molecule has 0 radical (unpaired) electrons. The van der Waals surface area contributed by atoms with Gasteiger partial charge in [0.15, 0.2) is 0 Å². The summed E-state index contributed by atoms with van der Waals surface area (Å²) in [4.78, 5) is 25.8. The number of hydrogen-bond acceptors (Lipinski definition) is 2. The van der Waals surface area contributed by atoms with Gasteiger partial charge in [0.25, 0.3) is 0 Å². The Labute approximate surface area is 164 Å². The molecule has 2 aromatic carbocycles. The van der Waals surface area contributed by atoms with E-state index in [4.69, 9.17) is 23.2 Å². The van der Waals surface area contributed by atoms with Crippen LogP contribution in [0.1, 0.15) is 31.0 Å². The molecular formula is C20H22Cl2N2O2. The van der Waals surface area contributed by atoms with Gasteiger partial charge in [-0.3, -0.25) is 9.59 Å². The highest BCUT2D eigenvalue weighted by molar-refractivity contribution is 6.35. The Balaban J connectivity index is 1.90. The largest absolute Gasteiger partial charge is 0.354 e. The number of carbonyl (C=O) groups is 2. The molecule has 6 heteroatoms. The minimum absolute atomic E-state index is 0.0136. The van der Waals surface area contributed by atoms with Crippen molar-refractivity contribution in [3.8, 4) is 0 Å². The molecule has 0 aliphatic heterocycles. The maximum atomic E-state index is 12.3. The Kier molecular flexibility index (Phi) is 7.49. The van der Waals surface area contributed by atoms with Crippen LogP contribution in [0, 0.1) is 0 Å². The molecule has 0 heterocycles. The van der Waals surface area contributed by atoms with Crippen molar-refractivity contribution in [2.75, 3.05) is 13.1 Å². The van der Waals surface area contributed by atoms with E-state index in [-0.39, 0.29) is 24.4 Å². The van der Waals surface area contributed by atoms with Gasteiger partial charge in [0.1, 0.15) is 6.54 Å². The van der Waals surface area contributed by atoms with Crippen LogP contribution >= 0.6 is 23.2 Å². The molecule has 138 valence electrons. The van der Waals surface area contributed by atoms with E-state index >= 15 is 0 Å². The molecule has 0 aliphatic rings. The summed E-state index contributed by atoms with van der Waals surface area (Å²) in [7, 11) is 0. The third kappa shape index (κ3) is 5.75. The van der Waals surface area contributed by atoms with Crippen molar-refractivity contribution in [3.05, 3.63) is 69.7 Å². The van der Waals surface area contributed by atoms with E-state index in [0.29, 0.717) is 23.0 Å². The van der Waals surface area contributed by atoms with E-state index in [2.05, 4.69) is 5.32 Å². The van der Waals surface area contributed by atoms with Crippen molar-refractivity contribution in [2.24, 2.45) is 0 Å². The molecule has 1 N–H and O–H groups in total. The van der Waals surface area contributed by atoms with Crippen LogP contribution in [0.5, 0.6) is 0 Å². The summed E-state index contributed by atoms with van der Waals surface area (Å²) in [6.07, 6.45) is 0.593. The zero-order chi connectivity index (χ0) is 19.1. The van der Waals surface area contributed by atoms with E-state index in [1.165, 1.54) is 6.92 Å². The molecule has 0 bridgehead atoms. The summed E-state index contributed by atoms with van der Waals surface area (Å²) in [5.74, 6) is -0.342. The lowest BCUT2D eigenvalue weighted by Crippen LogP contribution is -2.41. The maximum Gasteiger partial charge on any atom is 0.239 e. The zero-order valence-electron chi connectivity index (χ0n) is 14.8. The molecule has 4 nitrogen and oxygen atoms in total. The average molecular weight is 393 g/mol. The first-order valence-electron chi connectivity index (χ1n) is 8.41. The van der Waals surface area contributed by atoms with Crippen LogP contribution in [-0.4, -0.2) is 29.8 Å². The minimum atomic E-state index is -0.201. The van der Waals surface area contributed by atoms with Crippen LogP contribution in [0.3, 0.4) is 0 Å². The fourth-order valence-corrected chi connectivity index (χ4v) is 3.21. The highest BCUT2D eigenvalue weighted by Gasteiger charge is 2.21. The predicted molar refractivity (Wildman–Crippen MR) is 105 cm³/mol. The van der Waals surface area contributed by atoms with Gasteiger partial charge < -0.3 is 10.2 Å². The highest BCUT2D eigenvalue weighted by atomic mass is 35.5. The van der Waals surface area contributed by atoms with E-state index in [1.54, 1.807) is 17.0 Å². The molecule has 2 rings (SSSR count). The molecule has 0 aliphatic carbocycles. The van der Waals surface area contributed by atoms with Crippen molar-refractivity contribution in [2.45, 2.75) is 26.3 Å². The van der Waals surface area contributed by atoms with Crippen molar-refractivity contribution in [1.29, 1.82) is 0 Å². The molecule has 1 atom stereocenters. The summed E-state index contributed by atoms with van der Waals surface area (Å²) >= 11 is 12.0. The normalized spacial score (nSPS) is 11.7. The van der Waals surface area contributed by atoms with Gasteiger partial charge in [0.2, 0.25) is 11.8 Å². The molecule has 0 saturated heterocycles. The molecule has 0 spiro atoms. The number of nitrogens with zero attached hydrogens (tertiary/aromatic N) is 1. The van der Waals surface area contributed by atoms with E-state index in [1.807, 2.05) is 43.3 Å². The molecule has 0 saturated carbocycles. The first-order chi connectivity index (χ1) is 12.4. The second kappa shape index (κ2) is 9.60. The third-order valence-electron chi connectivity index (χ3n) is 4.20. The quantitative estimate of drug-likeness (QED) is 0.764. The summed E-state index contributed by atoms with van der Waals surface area (Å²) in [6.45, 7) is 3.84. The Hall–Kier alpha value is -2.04. The number of carbonyl (C=O) groups excluding carboxylic acids is 2. The van der Waals surface area contributed by atoms with Crippen molar-refractivity contribution >= 4 is 35.0 Å². The van der Waals surface area contributed by atoms with Crippen LogP contribution in [-0.2, 0) is 16.0 Å². The lowest BCUT2D eigenvalue weighted by atomic mass is 10.1. The molecule has 26 heavy (non-hydrogen) atoms. The Bertz CT molecular complexity index is 766. The van der Waals surface area contributed by atoms with Crippen molar-refractivity contribution < 1.29 is 9.59 Å². The van der Waals surface area contributed by atoms with E-state index in [9.17, 15) is 9.59 Å². The molecule has 0 fully saturated rings. The molecule has 2 amide bonds. The van der Waals surface area contributed by atoms with Gasteiger partial charge in [-0.25, -0.2) is 0 Å². The second-order valence-corrected chi connectivity index (χ2v) is 6.91. The minimum Gasteiger partial charge on any atom is -0.354 e. The van der Waals surface area contributed by atoms with Gasteiger partial charge in [-0.15, -0.1) is 0 Å². The zero-order valence-corrected chi connectivity index (χ0v) is 16.3. The molecule has 2 aromatic rings. The Morgan fingerprint density at radius 2 is 1.81 bits per heavy atom. The lowest BCUT2D eigenvalue weighted by molar-refractivity contribution is -0.136. The predicted octanol–water partition coefficient (Wildman–Crippen LogP) is 4.26. The third-order valence-corrected chi connectivity index (χ3v) is 4.79. The smallest absolute Gasteiger partial charge is 0.239 e. The summed E-state index contributed by atoms with van der Waals surface area (Å²) in [5, 5.41) is 4.00. The number of halogens is 2. The molecular weight excluding hydrogens is 371 g/mol. The number of nitrogens with one attached hydrogen (secondary N) is 1. The Morgan fingerprint density at radius 3 is 2.42 bits per heavy atom. The van der Waals surface area contributed by atoms with Crippen LogP contribution in [0.4, 0.5) is 0 Å². The SMILES string of the molecule is CC(=O)N(CC(=O)NCCc1ccc(Cl)cc1Cl)C(C)c1ccccc1. The summed E-state index contributed by atoms with van der Waals surface area (Å²) in [6, 6.07) is 14.8. The number of rotatable bonds is 7. The number of hydrogen-bond donors (Lipinski definition) is 1. The maximum absolute atomic E-state index is 12.3. The van der Waals surface area contributed by atoms with Crippen LogP contribution in [0.15, 0.2) is 48.5 Å². The summed E-state index contributed by atoms with van der Waals surface area (Å²) < 4.78 is 0. The summed E-state index contributed by atoms with van der Waals surface area (Å²) in [5.41, 5.74) is 1.90. The van der Waals surface area contributed by atoms with Crippen molar-refractivity contribution in [1.82, 2.24) is 10.2 Å². The average Bonchev–Trinajstić information content (AvgIpc) is 2.61. The Morgan fingerprint density at radius 1 is 1.12 bits per heavy atom. The van der Waals surface area contributed by atoms with Crippen LogP contribution < -0.4 is 5.32 Å². The van der Waals surface area contributed by atoms with E-state index < -0.39 is 0 Å². The molecule has 1 unspecified atom stereocenters.